The number of piperazine rings is 1. The van der Waals surface area contributed by atoms with Crippen LogP contribution >= 0.6 is 12.4 Å². The van der Waals surface area contributed by atoms with Crippen LogP contribution < -0.4 is 10.1 Å². The van der Waals surface area contributed by atoms with Gasteiger partial charge in [0.1, 0.15) is 11.8 Å². The standard InChI is InChI=1S/C15H21F3N2O.ClH/c1-10-8-12(9-11(2)13(10)21-3)14(15(16,17)18)20-6-4-19-5-7-20;/h8-9,14,19H,4-7H2,1-3H3;1H/t14-;/m0./s1. The number of ether oxygens (including phenoxy) is 1. The highest BCUT2D eigenvalue weighted by molar-refractivity contribution is 5.85. The van der Waals surface area contributed by atoms with Gasteiger partial charge in [0, 0.05) is 26.2 Å². The van der Waals surface area contributed by atoms with E-state index in [1.165, 1.54) is 12.0 Å². The van der Waals surface area contributed by atoms with Gasteiger partial charge < -0.3 is 10.1 Å². The highest BCUT2D eigenvalue weighted by Gasteiger charge is 2.45. The lowest BCUT2D eigenvalue weighted by atomic mass is 9.98. The normalized spacial score (nSPS) is 17.7. The maximum absolute atomic E-state index is 13.5. The molecule has 0 aliphatic carbocycles. The Kier molecular flexibility index (Phi) is 6.52. The molecule has 0 spiro atoms. The van der Waals surface area contributed by atoms with Crippen molar-refractivity contribution in [2.24, 2.45) is 0 Å². The van der Waals surface area contributed by atoms with Crippen molar-refractivity contribution >= 4 is 12.4 Å². The third-order valence-electron chi connectivity index (χ3n) is 3.83. The van der Waals surface area contributed by atoms with Crippen LogP contribution in [0.5, 0.6) is 5.75 Å². The molecule has 0 bridgehead atoms. The molecule has 0 aromatic heterocycles. The first kappa shape index (κ1) is 19.1. The van der Waals surface area contributed by atoms with E-state index in [0.717, 1.165) is 11.1 Å². The van der Waals surface area contributed by atoms with Gasteiger partial charge in [0.25, 0.3) is 0 Å². The van der Waals surface area contributed by atoms with Gasteiger partial charge in [0.05, 0.1) is 7.11 Å². The van der Waals surface area contributed by atoms with Gasteiger partial charge in [0.15, 0.2) is 0 Å². The number of nitrogens with zero attached hydrogens (tertiary/aromatic N) is 1. The average molecular weight is 339 g/mol. The van der Waals surface area contributed by atoms with E-state index < -0.39 is 12.2 Å². The molecule has 1 N–H and O–H groups in total. The number of aryl methyl sites for hydroxylation is 2. The zero-order valence-electron chi connectivity index (χ0n) is 13.0. The SMILES string of the molecule is COc1c(C)cc([C@H](N2CCNCC2)C(F)(F)F)cc1C.Cl. The van der Waals surface area contributed by atoms with Gasteiger partial charge in [-0.1, -0.05) is 12.1 Å². The van der Waals surface area contributed by atoms with Crippen molar-refractivity contribution in [1.82, 2.24) is 10.2 Å². The van der Waals surface area contributed by atoms with E-state index in [4.69, 9.17) is 4.74 Å². The van der Waals surface area contributed by atoms with Gasteiger partial charge in [-0.3, -0.25) is 4.90 Å². The van der Waals surface area contributed by atoms with Crippen molar-refractivity contribution in [2.75, 3.05) is 33.3 Å². The van der Waals surface area contributed by atoms with Crippen molar-refractivity contribution in [3.63, 3.8) is 0 Å². The third-order valence-corrected chi connectivity index (χ3v) is 3.83. The second kappa shape index (κ2) is 7.53. The zero-order chi connectivity index (χ0) is 15.6. The predicted molar refractivity (Wildman–Crippen MR) is 83.0 cm³/mol. The number of halogens is 4. The van der Waals surface area contributed by atoms with Crippen molar-refractivity contribution < 1.29 is 17.9 Å². The van der Waals surface area contributed by atoms with Crippen LogP contribution in [0.25, 0.3) is 0 Å². The minimum Gasteiger partial charge on any atom is -0.496 e. The fourth-order valence-corrected chi connectivity index (χ4v) is 3.01. The molecule has 1 aliphatic rings. The summed E-state index contributed by atoms with van der Waals surface area (Å²) < 4.78 is 45.9. The first-order valence-electron chi connectivity index (χ1n) is 7.01. The summed E-state index contributed by atoms with van der Waals surface area (Å²) in [6, 6.07) is 1.63. The molecule has 1 fully saturated rings. The lowest BCUT2D eigenvalue weighted by Gasteiger charge is -2.36. The fourth-order valence-electron chi connectivity index (χ4n) is 3.01. The first-order valence-corrected chi connectivity index (χ1v) is 7.01. The predicted octanol–water partition coefficient (Wildman–Crippen LogP) is 3.24. The Bertz CT molecular complexity index is 479. The van der Waals surface area contributed by atoms with E-state index in [2.05, 4.69) is 5.32 Å². The van der Waals surface area contributed by atoms with E-state index in [1.54, 1.807) is 26.0 Å². The Morgan fingerprint density at radius 1 is 1.14 bits per heavy atom. The van der Waals surface area contributed by atoms with E-state index in [-0.39, 0.29) is 12.4 Å². The molecule has 2 rings (SSSR count). The maximum Gasteiger partial charge on any atom is 0.408 e. The zero-order valence-corrected chi connectivity index (χ0v) is 13.8. The quantitative estimate of drug-likeness (QED) is 0.915. The topological polar surface area (TPSA) is 24.5 Å². The summed E-state index contributed by atoms with van der Waals surface area (Å²) in [5, 5.41) is 3.08. The second-order valence-corrected chi connectivity index (χ2v) is 5.42. The van der Waals surface area contributed by atoms with Crippen LogP contribution in [-0.2, 0) is 0 Å². The molecule has 0 saturated carbocycles. The van der Waals surface area contributed by atoms with Gasteiger partial charge in [-0.15, -0.1) is 12.4 Å². The van der Waals surface area contributed by atoms with Crippen molar-refractivity contribution in [1.29, 1.82) is 0 Å². The summed E-state index contributed by atoms with van der Waals surface area (Å²) in [7, 11) is 1.53. The number of hydrogen-bond acceptors (Lipinski definition) is 3. The van der Waals surface area contributed by atoms with Crippen LogP contribution in [0.4, 0.5) is 13.2 Å². The van der Waals surface area contributed by atoms with Crippen LogP contribution in [0.3, 0.4) is 0 Å². The molecule has 1 saturated heterocycles. The molecule has 1 aromatic carbocycles. The molecule has 0 unspecified atom stereocenters. The van der Waals surface area contributed by atoms with Crippen molar-refractivity contribution in [3.8, 4) is 5.75 Å². The lowest BCUT2D eigenvalue weighted by Crippen LogP contribution is -2.49. The molecule has 3 nitrogen and oxygen atoms in total. The minimum absolute atomic E-state index is 0. The number of methoxy groups -OCH3 is 1. The van der Waals surface area contributed by atoms with Crippen LogP contribution in [-0.4, -0.2) is 44.4 Å². The van der Waals surface area contributed by atoms with Crippen LogP contribution in [0.2, 0.25) is 0 Å². The molecule has 1 heterocycles. The van der Waals surface area contributed by atoms with E-state index in [9.17, 15) is 13.2 Å². The summed E-state index contributed by atoms with van der Waals surface area (Å²) in [5.74, 6) is 0.653. The summed E-state index contributed by atoms with van der Waals surface area (Å²) in [6.45, 7) is 5.52. The highest BCUT2D eigenvalue weighted by Crippen LogP contribution is 2.40. The summed E-state index contributed by atoms with van der Waals surface area (Å²) in [5.41, 5.74) is 1.76. The maximum atomic E-state index is 13.5. The van der Waals surface area contributed by atoms with E-state index in [1.807, 2.05) is 0 Å². The number of nitrogens with one attached hydrogen (secondary N) is 1. The van der Waals surface area contributed by atoms with Crippen molar-refractivity contribution in [3.05, 3.63) is 28.8 Å². The van der Waals surface area contributed by atoms with Gasteiger partial charge >= 0.3 is 6.18 Å². The third kappa shape index (κ3) is 4.06. The van der Waals surface area contributed by atoms with Crippen molar-refractivity contribution in [2.45, 2.75) is 26.1 Å². The molecule has 1 aromatic rings. The smallest absolute Gasteiger partial charge is 0.408 e. The van der Waals surface area contributed by atoms with E-state index in [0.29, 0.717) is 37.5 Å². The van der Waals surface area contributed by atoms with Gasteiger partial charge in [-0.2, -0.15) is 13.2 Å². The Hall–Kier alpha value is -0.980. The first-order chi connectivity index (χ1) is 9.84. The average Bonchev–Trinajstić information content (AvgIpc) is 2.38. The van der Waals surface area contributed by atoms with Gasteiger partial charge in [-0.05, 0) is 30.5 Å². The molecular weight excluding hydrogens is 317 g/mol. The number of rotatable bonds is 3. The van der Waals surface area contributed by atoms with Crippen LogP contribution in [0.1, 0.15) is 22.7 Å². The number of alkyl halides is 3. The monoisotopic (exact) mass is 338 g/mol. The van der Waals surface area contributed by atoms with Crippen LogP contribution in [0.15, 0.2) is 12.1 Å². The number of benzene rings is 1. The Labute approximate surface area is 135 Å². The highest BCUT2D eigenvalue weighted by atomic mass is 35.5. The summed E-state index contributed by atoms with van der Waals surface area (Å²) in [4.78, 5) is 1.50. The second-order valence-electron chi connectivity index (χ2n) is 5.42. The lowest BCUT2D eigenvalue weighted by molar-refractivity contribution is -0.187. The molecule has 1 aliphatic heterocycles. The molecular formula is C15H22ClF3N2O. The minimum atomic E-state index is -4.29. The molecule has 0 amide bonds. The molecule has 7 heteroatoms. The molecule has 1 atom stereocenters. The largest absolute Gasteiger partial charge is 0.496 e. The number of hydrogen-bond donors (Lipinski definition) is 1. The molecule has 126 valence electrons. The molecule has 0 radical (unpaired) electrons. The Morgan fingerprint density at radius 3 is 2.05 bits per heavy atom. The Balaban J connectivity index is 0.00000242. The fraction of sp³-hybridized carbons (Fsp3) is 0.600. The summed E-state index contributed by atoms with van der Waals surface area (Å²) >= 11 is 0. The summed E-state index contributed by atoms with van der Waals surface area (Å²) in [6.07, 6.45) is -4.29. The van der Waals surface area contributed by atoms with E-state index >= 15 is 0 Å². The van der Waals surface area contributed by atoms with Crippen LogP contribution in [0, 0.1) is 13.8 Å². The van der Waals surface area contributed by atoms with Gasteiger partial charge in [-0.25, -0.2) is 0 Å². The molecule has 22 heavy (non-hydrogen) atoms. The van der Waals surface area contributed by atoms with Gasteiger partial charge in [0.2, 0.25) is 0 Å². The Morgan fingerprint density at radius 2 is 1.64 bits per heavy atom.